The molecular weight excluding hydrogens is 267 g/mol. The number of pyridine rings is 1. The molecule has 0 saturated heterocycles. The lowest BCUT2D eigenvalue weighted by molar-refractivity contribution is 0.590. The first kappa shape index (κ1) is 13.6. The zero-order valence-electron chi connectivity index (χ0n) is 10.7. The highest BCUT2D eigenvalue weighted by atomic mass is 35.5. The summed E-state index contributed by atoms with van der Waals surface area (Å²) in [6, 6.07) is 6.16. The number of benzene rings is 1. The van der Waals surface area contributed by atoms with Gasteiger partial charge in [0.25, 0.3) is 0 Å². The number of nitrogens with one attached hydrogen (secondary N) is 1. The normalized spacial score (nSPS) is 11.4. The van der Waals surface area contributed by atoms with Crippen molar-refractivity contribution >= 4 is 34.1 Å². The number of aromatic nitrogens is 1. The number of rotatable bonds is 3. The third kappa shape index (κ3) is 2.94. The van der Waals surface area contributed by atoms with Crippen molar-refractivity contribution in [3.63, 3.8) is 0 Å². The molecule has 1 aromatic carbocycles. The van der Waals surface area contributed by atoms with E-state index in [4.69, 9.17) is 23.2 Å². The van der Waals surface area contributed by atoms with Gasteiger partial charge in [0, 0.05) is 28.7 Å². The summed E-state index contributed by atoms with van der Waals surface area (Å²) in [4.78, 5) is 4.49. The number of hydrogen-bond donors (Lipinski definition) is 1. The van der Waals surface area contributed by atoms with Gasteiger partial charge in [-0.1, -0.05) is 37.0 Å². The molecule has 0 amide bonds. The molecule has 2 aromatic rings. The van der Waals surface area contributed by atoms with Crippen LogP contribution in [0.2, 0.25) is 10.0 Å². The Bertz CT molecular complexity index is 580. The second-order valence-corrected chi connectivity index (χ2v) is 5.59. The van der Waals surface area contributed by atoms with E-state index in [2.05, 4.69) is 30.2 Å². The van der Waals surface area contributed by atoms with Crippen molar-refractivity contribution in [2.24, 2.45) is 0 Å². The van der Waals surface area contributed by atoms with Gasteiger partial charge in [-0.2, -0.15) is 0 Å². The number of fused-ring (bicyclic) bond motifs is 1. The Morgan fingerprint density at radius 2 is 1.94 bits per heavy atom. The maximum absolute atomic E-state index is 6.20. The Morgan fingerprint density at radius 3 is 2.61 bits per heavy atom. The fourth-order valence-corrected chi connectivity index (χ4v) is 2.46. The van der Waals surface area contributed by atoms with Gasteiger partial charge < -0.3 is 5.32 Å². The second kappa shape index (κ2) is 5.43. The fraction of sp³-hybridized carbons (Fsp3) is 0.357. The van der Waals surface area contributed by atoms with Crippen LogP contribution in [-0.2, 0) is 6.54 Å². The van der Waals surface area contributed by atoms with Gasteiger partial charge >= 0.3 is 0 Å². The lowest BCUT2D eigenvalue weighted by atomic mass is 10.1. The number of halogens is 2. The van der Waals surface area contributed by atoms with E-state index in [-0.39, 0.29) is 0 Å². The van der Waals surface area contributed by atoms with E-state index in [9.17, 15) is 0 Å². The molecule has 1 heterocycles. The Kier molecular flexibility index (Phi) is 4.10. The van der Waals surface area contributed by atoms with Crippen LogP contribution in [0.15, 0.2) is 18.2 Å². The summed E-state index contributed by atoms with van der Waals surface area (Å²) in [7, 11) is 0. The molecule has 2 nitrogen and oxygen atoms in total. The van der Waals surface area contributed by atoms with Gasteiger partial charge in [0.2, 0.25) is 0 Å². The highest BCUT2D eigenvalue weighted by Gasteiger charge is 2.09. The molecular formula is C14H16Cl2N2. The molecule has 0 fully saturated rings. The number of nitrogens with zero attached hydrogens (tertiary/aromatic N) is 1. The van der Waals surface area contributed by atoms with Crippen LogP contribution in [0.5, 0.6) is 0 Å². The predicted molar refractivity (Wildman–Crippen MR) is 78.5 cm³/mol. The fourth-order valence-electron chi connectivity index (χ4n) is 1.92. The molecule has 0 aliphatic rings. The van der Waals surface area contributed by atoms with Crippen molar-refractivity contribution in [3.8, 4) is 0 Å². The van der Waals surface area contributed by atoms with E-state index in [1.807, 2.05) is 13.0 Å². The van der Waals surface area contributed by atoms with Crippen LogP contribution in [-0.4, -0.2) is 11.0 Å². The van der Waals surface area contributed by atoms with Crippen molar-refractivity contribution in [2.45, 2.75) is 33.4 Å². The highest BCUT2D eigenvalue weighted by molar-refractivity contribution is 6.38. The second-order valence-electron chi connectivity index (χ2n) is 4.74. The van der Waals surface area contributed by atoms with Gasteiger partial charge in [0.05, 0.1) is 10.5 Å². The standard InChI is InChI=1S/C14H16Cl2N2/c1-8(2)17-7-10-4-9(3)18-14-12(10)5-11(15)6-13(14)16/h4-6,8,17H,7H2,1-3H3. The minimum absolute atomic E-state index is 0.433. The quantitative estimate of drug-likeness (QED) is 0.906. The van der Waals surface area contributed by atoms with Crippen LogP contribution in [0.4, 0.5) is 0 Å². The monoisotopic (exact) mass is 282 g/mol. The lowest BCUT2D eigenvalue weighted by Gasteiger charge is -2.12. The van der Waals surface area contributed by atoms with Gasteiger partial charge in [-0.05, 0) is 30.7 Å². The average molecular weight is 283 g/mol. The smallest absolute Gasteiger partial charge is 0.0895 e. The first-order valence-corrected chi connectivity index (χ1v) is 6.71. The molecule has 0 bridgehead atoms. The molecule has 4 heteroatoms. The van der Waals surface area contributed by atoms with E-state index < -0.39 is 0 Å². The Labute approximate surface area is 117 Å². The molecule has 0 saturated carbocycles. The molecule has 0 unspecified atom stereocenters. The van der Waals surface area contributed by atoms with Crippen molar-refractivity contribution in [2.75, 3.05) is 0 Å². The van der Waals surface area contributed by atoms with Crippen LogP contribution >= 0.6 is 23.2 Å². The van der Waals surface area contributed by atoms with Gasteiger partial charge in [0.1, 0.15) is 0 Å². The maximum Gasteiger partial charge on any atom is 0.0895 e. The van der Waals surface area contributed by atoms with Crippen LogP contribution in [0.1, 0.15) is 25.1 Å². The summed E-state index contributed by atoms with van der Waals surface area (Å²) >= 11 is 12.3. The first-order valence-electron chi connectivity index (χ1n) is 5.96. The SMILES string of the molecule is Cc1cc(CNC(C)C)c2cc(Cl)cc(Cl)c2n1. The van der Waals surface area contributed by atoms with Crippen molar-refractivity contribution in [1.82, 2.24) is 10.3 Å². The highest BCUT2D eigenvalue weighted by Crippen LogP contribution is 2.29. The summed E-state index contributed by atoms with van der Waals surface area (Å²) in [6.45, 7) is 7.00. The third-order valence-corrected chi connectivity index (χ3v) is 3.25. The van der Waals surface area contributed by atoms with Crippen LogP contribution in [0.3, 0.4) is 0 Å². The molecule has 96 valence electrons. The average Bonchev–Trinajstić information content (AvgIpc) is 2.27. The number of aryl methyl sites for hydroxylation is 1. The predicted octanol–water partition coefficient (Wildman–Crippen LogP) is 4.35. The molecule has 0 spiro atoms. The van der Waals surface area contributed by atoms with Crippen molar-refractivity contribution in [3.05, 3.63) is 39.5 Å². The zero-order valence-corrected chi connectivity index (χ0v) is 12.2. The van der Waals surface area contributed by atoms with Gasteiger partial charge in [-0.15, -0.1) is 0 Å². The molecule has 18 heavy (non-hydrogen) atoms. The van der Waals surface area contributed by atoms with Gasteiger partial charge in [0.15, 0.2) is 0 Å². The van der Waals surface area contributed by atoms with E-state index >= 15 is 0 Å². The summed E-state index contributed by atoms with van der Waals surface area (Å²) in [5.74, 6) is 0. The first-order chi connectivity index (χ1) is 8.47. The van der Waals surface area contributed by atoms with Gasteiger partial charge in [-0.3, -0.25) is 4.98 Å². The van der Waals surface area contributed by atoms with E-state index in [1.165, 1.54) is 5.56 Å². The van der Waals surface area contributed by atoms with Gasteiger partial charge in [-0.25, -0.2) is 0 Å². The zero-order chi connectivity index (χ0) is 13.3. The molecule has 1 N–H and O–H groups in total. The molecule has 1 aromatic heterocycles. The van der Waals surface area contributed by atoms with Crippen molar-refractivity contribution < 1.29 is 0 Å². The molecule has 0 atom stereocenters. The maximum atomic E-state index is 6.20. The third-order valence-electron chi connectivity index (χ3n) is 2.75. The minimum atomic E-state index is 0.433. The Morgan fingerprint density at radius 1 is 1.22 bits per heavy atom. The topological polar surface area (TPSA) is 24.9 Å². The Hall–Kier alpha value is -0.830. The summed E-state index contributed by atoms with van der Waals surface area (Å²) in [5, 5.41) is 5.67. The van der Waals surface area contributed by atoms with Crippen LogP contribution < -0.4 is 5.32 Å². The van der Waals surface area contributed by atoms with Crippen LogP contribution in [0.25, 0.3) is 10.9 Å². The summed E-state index contributed by atoms with van der Waals surface area (Å²) < 4.78 is 0. The minimum Gasteiger partial charge on any atom is -0.310 e. The lowest BCUT2D eigenvalue weighted by Crippen LogP contribution is -2.22. The van der Waals surface area contributed by atoms with E-state index in [1.54, 1.807) is 6.07 Å². The number of hydrogen-bond acceptors (Lipinski definition) is 2. The Balaban J connectivity index is 2.57. The molecule has 0 aliphatic carbocycles. The molecule has 2 rings (SSSR count). The van der Waals surface area contributed by atoms with Crippen molar-refractivity contribution in [1.29, 1.82) is 0 Å². The molecule has 0 radical (unpaired) electrons. The van der Waals surface area contributed by atoms with E-state index in [0.717, 1.165) is 23.1 Å². The summed E-state index contributed by atoms with van der Waals surface area (Å²) in [6.07, 6.45) is 0. The van der Waals surface area contributed by atoms with Crippen LogP contribution in [0, 0.1) is 6.92 Å². The van der Waals surface area contributed by atoms with E-state index in [0.29, 0.717) is 16.1 Å². The molecule has 0 aliphatic heterocycles. The largest absolute Gasteiger partial charge is 0.310 e. The summed E-state index contributed by atoms with van der Waals surface area (Å²) in [5.41, 5.74) is 2.96.